The van der Waals surface area contributed by atoms with Gasteiger partial charge in [-0.25, -0.2) is 13.6 Å². The lowest BCUT2D eigenvalue weighted by Gasteiger charge is -2.36. The predicted octanol–water partition coefficient (Wildman–Crippen LogP) is 2.27. The molecule has 1 saturated heterocycles. The molecule has 2 rings (SSSR count). The van der Waals surface area contributed by atoms with Crippen LogP contribution in [0.1, 0.15) is 12.0 Å². The van der Waals surface area contributed by atoms with Gasteiger partial charge in [0.2, 0.25) is 0 Å². The summed E-state index contributed by atoms with van der Waals surface area (Å²) in [4.78, 5) is 12.8. The van der Waals surface area contributed by atoms with E-state index in [9.17, 15) is 13.6 Å². The van der Waals surface area contributed by atoms with Crippen molar-refractivity contribution in [1.82, 2.24) is 4.90 Å². The van der Waals surface area contributed by atoms with E-state index in [-0.39, 0.29) is 19.8 Å². The second kappa shape index (κ2) is 6.17. The van der Waals surface area contributed by atoms with E-state index in [1.807, 2.05) is 6.07 Å². The van der Waals surface area contributed by atoms with Gasteiger partial charge in [0.1, 0.15) is 6.61 Å². The Morgan fingerprint density at radius 1 is 1.40 bits per heavy atom. The summed E-state index contributed by atoms with van der Waals surface area (Å²) in [6.07, 6.45) is -1.17. The highest BCUT2D eigenvalue weighted by atomic mass is 19.3. The summed E-state index contributed by atoms with van der Waals surface area (Å²) >= 11 is 0. The van der Waals surface area contributed by atoms with Crippen molar-refractivity contribution in [3.05, 3.63) is 35.9 Å². The van der Waals surface area contributed by atoms with Gasteiger partial charge < -0.3 is 14.7 Å². The van der Waals surface area contributed by atoms with Crippen molar-refractivity contribution in [2.24, 2.45) is 5.92 Å². The van der Waals surface area contributed by atoms with Crippen LogP contribution in [0.3, 0.4) is 0 Å². The number of hydrogen-bond donors (Lipinski definition) is 1. The van der Waals surface area contributed by atoms with Gasteiger partial charge in [0.15, 0.2) is 0 Å². The van der Waals surface area contributed by atoms with Crippen LogP contribution in [-0.2, 0) is 11.3 Å². The molecule has 0 aliphatic carbocycles. The van der Waals surface area contributed by atoms with Crippen molar-refractivity contribution >= 4 is 6.09 Å². The Labute approximate surface area is 116 Å². The number of likely N-dealkylation sites (tertiary alicyclic amines) is 1. The van der Waals surface area contributed by atoms with E-state index in [4.69, 9.17) is 9.84 Å². The Kier molecular flexibility index (Phi) is 4.54. The lowest BCUT2D eigenvalue weighted by Crippen LogP contribution is -2.50. The van der Waals surface area contributed by atoms with Gasteiger partial charge in [-0.3, -0.25) is 0 Å². The average molecular weight is 285 g/mol. The van der Waals surface area contributed by atoms with E-state index < -0.39 is 30.9 Å². The highest BCUT2D eigenvalue weighted by Crippen LogP contribution is 2.30. The van der Waals surface area contributed by atoms with E-state index >= 15 is 0 Å². The van der Waals surface area contributed by atoms with Crippen LogP contribution < -0.4 is 0 Å². The van der Waals surface area contributed by atoms with Gasteiger partial charge in [-0.2, -0.15) is 0 Å². The van der Waals surface area contributed by atoms with Crippen molar-refractivity contribution in [2.75, 3.05) is 19.7 Å². The quantitative estimate of drug-likeness (QED) is 0.927. The monoisotopic (exact) mass is 285 g/mol. The number of carbonyl (C=O) groups is 1. The van der Waals surface area contributed by atoms with Crippen molar-refractivity contribution in [3.8, 4) is 0 Å². The second-order valence-corrected chi connectivity index (χ2v) is 5.03. The molecule has 1 fully saturated rings. The molecule has 1 atom stereocenters. The number of hydrogen-bond acceptors (Lipinski definition) is 3. The summed E-state index contributed by atoms with van der Waals surface area (Å²) < 4.78 is 31.9. The number of aliphatic hydroxyl groups excluding tert-OH is 1. The number of ether oxygens (including phenoxy) is 1. The maximum atomic E-state index is 13.5. The van der Waals surface area contributed by atoms with Crippen molar-refractivity contribution in [3.63, 3.8) is 0 Å². The van der Waals surface area contributed by atoms with Crippen molar-refractivity contribution in [2.45, 2.75) is 19.0 Å². The van der Waals surface area contributed by atoms with Crippen LogP contribution in [0.15, 0.2) is 30.3 Å². The third-order valence-electron chi connectivity index (χ3n) is 3.21. The lowest BCUT2D eigenvalue weighted by atomic mass is 9.96. The third-order valence-corrected chi connectivity index (χ3v) is 3.21. The summed E-state index contributed by atoms with van der Waals surface area (Å²) in [5.41, 5.74) is 0.795. The van der Waals surface area contributed by atoms with Crippen LogP contribution in [0, 0.1) is 5.92 Å². The molecular formula is C14H17F2NO3. The van der Waals surface area contributed by atoms with Crippen LogP contribution in [0.4, 0.5) is 13.6 Å². The van der Waals surface area contributed by atoms with Crippen molar-refractivity contribution in [1.29, 1.82) is 0 Å². The van der Waals surface area contributed by atoms with Crippen LogP contribution in [-0.4, -0.2) is 41.7 Å². The molecule has 0 saturated carbocycles. The first-order valence-electron chi connectivity index (χ1n) is 6.44. The first-order valence-corrected chi connectivity index (χ1v) is 6.44. The minimum atomic E-state index is -2.97. The summed E-state index contributed by atoms with van der Waals surface area (Å²) in [5, 5.41) is 9.02. The number of amides is 1. The smallest absolute Gasteiger partial charge is 0.410 e. The highest BCUT2D eigenvalue weighted by Gasteiger charge is 2.42. The number of aliphatic hydroxyl groups is 1. The molecule has 1 N–H and O–H groups in total. The molecule has 0 spiro atoms. The van der Waals surface area contributed by atoms with Crippen LogP contribution in [0.25, 0.3) is 0 Å². The first-order chi connectivity index (χ1) is 9.50. The number of benzene rings is 1. The Morgan fingerprint density at radius 3 is 2.75 bits per heavy atom. The molecule has 1 aromatic rings. The van der Waals surface area contributed by atoms with E-state index in [1.54, 1.807) is 24.3 Å². The molecule has 1 heterocycles. The van der Waals surface area contributed by atoms with Gasteiger partial charge in [0.05, 0.1) is 6.54 Å². The van der Waals surface area contributed by atoms with Crippen LogP contribution in [0.2, 0.25) is 0 Å². The van der Waals surface area contributed by atoms with Crippen LogP contribution >= 0.6 is 0 Å². The van der Waals surface area contributed by atoms with E-state index in [0.29, 0.717) is 0 Å². The Hall–Kier alpha value is -1.69. The zero-order chi connectivity index (χ0) is 14.6. The SMILES string of the molecule is O=C(OCc1ccccc1)N1C[C@H](CO)CC(F)(F)C1. The van der Waals surface area contributed by atoms with Crippen LogP contribution in [0.5, 0.6) is 0 Å². The van der Waals surface area contributed by atoms with Gasteiger partial charge in [0.25, 0.3) is 5.92 Å². The van der Waals surface area contributed by atoms with Crippen molar-refractivity contribution < 1.29 is 23.4 Å². The number of rotatable bonds is 3. The topological polar surface area (TPSA) is 49.8 Å². The van der Waals surface area contributed by atoms with Gasteiger partial charge in [0, 0.05) is 25.5 Å². The van der Waals surface area contributed by atoms with Gasteiger partial charge in [-0.05, 0) is 5.56 Å². The molecular weight excluding hydrogens is 268 g/mol. The largest absolute Gasteiger partial charge is 0.445 e. The number of nitrogens with zero attached hydrogens (tertiary/aromatic N) is 1. The fourth-order valence-electron chi connectivity index (χ4n) is 2.28. The molecule has 20 heavy (non-hydrogen) atoms. The molecule has 110 valence electrons. The molecule has 0 aromatic heterocycles. The molecule has 1 amide bonds. The second-order valence-electron chi connectivity index (χ2n) is 5.03. The molecule has 1 aliphatic heterocycles. The minimum absolute atomic E-state index is 0.0472. The first kappa shape index (κ1) is 14.7. The van der Waals surface area contributed by atoms with Gasteiger partial charge in [-0.1, -0.05) is 30.3 Å². The number of carbonyl (C=O) groups excluding carboxylic acids is 1. The zero-order valence-electron chi connectivity index (χ0n) is 11.0. The number of alkyl halides is 2. The van der Waals surface area contributed by atoms with E-state index in [0.717, 1.165) is 10.5 Å². The maximum absolute atomic E-state index is 13.5. The lowest BCUT2D eigenvalue weighted by molar-refractivity contribution is -0.0874. The van der Waals surface area contributed by atoms with Gasteiger partial charge in [-0.15, -0.1) is 0 Å². The highest BCUT2D eigenvalue weighted by molar-refractivity contribution is 5.68. The fourth-order valence-corrected chi connectivity index (χ4v) is 2.28. The van der Waals surface area contributed by atoms with E-state index in [1.165, 1.54) is 0 Å². The average Bonchev–Trinajstić information content (AvgIpc) is 2.44. The van der Waals surface area contributed by atoms with Gasteiger partial charge >= 0.3 is 6.09 Å². The molecule has 0 bridgehead atoms. The molecule has 4 nitrogen and oxygen atoms in total. The third kappa shape index (κ3) is 3.90. The summed E-state index contributed by atoms with van der Waals surface area (Å²) in [6, 6.07) is 9.02. The zero-order valence-corrected chi connectivity index (χ0v) is 11.0. The Morgan fingerprint density at radius 2 is 2.10 bits per heavy atom. The minimum Gasteiger partial charge on any atom is -0.445 e. The number of halogens is 2. The summed E-state index contributed by atoms with van der Waals surface area (Å²) in [7, 11) is 0. The normalized spacial score (nSPS) is 21.6. The molecule has 1 aromatic carbocycles. The fraction of sp³-hybridized carbons (Fsp3) is 0.500. The van der Waals surface area contributed by atoms with E-state index in [2.05, 4.69) is 0 Å². The molecule has 1 aliphatic rings. The summed E-state index contributed by atoms with van der Waals surface area (Å²) in [5.74, 6) is -3.58. The molecule has 0 unspecified atom stereocenters. The molecule has 0 radical (unpaired) electrons. The Bertz CT molecular complexity index is 453. The maximum Gasteiger partial charge on any atom is 0.410 e. The predicted molar refractivity (Wildman–Crippen MR) is 68.3 cm³/mol. The number of piperidine rings is 1. The summed E-state index contributed by atoms with van der Waals surface area (Å²) in [6.45, 7) is -0.875. The molecule has 6 heteroatoms. The Balaban J connectivity index is 1.91. The standard InChI is InChI=1S/C14H17F2NO3/c15-14(16)6-12(8-18)7-17(10-14)13(19)20-9-11-4-2-1-3-5-11/h1-5,12,18H,6-10H2/t12-/m1/s1.